The third kappa shape index (κ3) is 5.42. The highest BCUT2D eigenvalue weighted by atomic mass is 16.5. The van der Waals surface area contributed by atoms with Crippen LogP contribution in [0.1, 0.15) is 38.3 Å². The first-order valence-corrected chi connectivity index (χ1v) is 11.7. The number of morpholine rings is 1. The first-order chi connectivity index (χ1) is 16.2. The number of hydrogen-bond acceptors (Lipinski definition) is 8. The van der Waals surface area contributed by atoms with Gasteiger partial charge in [0.05, 0.1) is 30.9 Å². The van der Waals surface area contributed by atoms with Gasteiger partial charge in [0.2, 0.25) is 0 Å². The molecule has 8 heteroatoms. The Hall–Kier alpha value is -2.78. The molecule has 0 spiro atoms. The van der Waals surface area contributed by atoms with Crippen molar-refractivity contribution in [3.63, 3.8) is 0 Å². The van der Waals surface area contributed by atoms with Gasteiger partial charge in [-0.3, -0.25) is 14.5 Å². The molecule has 0 atom stereocenters. The first kappa shape index (κ1) is 23.4. The number of benzene rings is 2. The number of aliphatic hydroxyl groups is 1. The highest BCUT2D eigenvalue weighted by Gasteiger charge is 2.33. The summed E-state index contributed by atoms with van der Waals surface area (Å²) in [6.45, 7) is 6.93. The van der Waals surface area contributed by atoms with Gasteiger partial charge in [0.25, 0.3) is 0 Å². The zero-order valence-corrected chi connectivity index (χ0v) is 18.9. The molecule has 1 fully saturated rings. The fraction of sp³-hybridized carbons (Fsp3) is 0.440. The van der Waals surface area contributed by atoms with E-state index >= 15 is 0 Å². The van der Waals surface area contributed by atoms with E-state index in [-0.39, 0.29) is 18.2 Å². The molecule has 2 aliphatic rings. The largest absolute Gasteiger partial charge is 0.395 e. The Morgan fingerprint density at radius 3 is 2.03 bits per heavy atom. The lowest BCUT2D eigenvalue weighted by molar-refractivity contribution is 0.0378. The molecular weight excluding hydrogens is 420 g/mol. The lowest BCUT2D eigenvalue weighted by Crippen LogP contribution is -2.37. The van der Waals surface area contributed by atoms with E-state index in [0.29, 0.717) is 59.8 Å². The minimum absolute atomic E-state index is 0.0745. The van der Waals surface area contributed by atoms with Crippen LogP contribution in [0.4, 0.5) is 11.4 Å². The summed E-state index contributed by atoms with van der Waals surface area (Å²) in [4.78, 5) is 29.2. The predicted molar refractivity (Wildman–Crippen MR) is 129 cm³/mol. The van der Waals surface area contributed by atoms with E-state index in [2.05, 4.69) is 20.9 Å². The number of ketones is 2. The second kappa shape index (κ2) is 11.4. The standard InChI is InChI=1S/C25H32N4O4/c30-15-11-26-9-10-28-21-7-6-20(27-8-3-12-29-13-16-33-17-14-29)22-23(21)25(32)19-5-2-1-4-18(19)24(22)31/h1-2,4-7,26-28,30H,3,8-17H2. The summed E-state index contributed by atoms with van der Waals surface area (Å²) in [7, 11) is 0. The minimum atomic E-state index is -0.136. The van der Waals surface area contributed by atoms with Crippen molar-refractivity contribution >= 4 is 22.9 Å². The lowest BCUT2D eigenvalue weighted by atomic mass is 9.82. The van der Waals surface area contributed by atoms with Gasteiger partial charge in [-0.05, 0) is 25.1 Å². The van der Waals surface area contributed by atoms with Crippen LogP contribution in [-0.2, 0) is 4.74 Å². The highest BCUT2D eigenvalue weighted by molar-refractivity contribution is 6.31. The molecule has 1 aliphatic carbocycles. The van der Waals surface area contributed by atoms with Crippen LogP contribution in [0.5, 0.6) is 0 Å². The molecule has 0 aromatic heterocycles. The maximum atomic E-state index is 13.4. The second-order valence-corrected chi connectivity index (χ2v) is 8.25. The number of nitrogens with one attached hydrogen (secondary N) is 3. The van der Waals surface area contributed by atoms with E-state index in [0.717, 1.165) is 39.3 Å². The summed E-state index contributed by atoms with van der Waals surface area (Å²) >= 11 is 0. The fourth-order valence-electron chi connectivity index (χ4n) is 4.36. The van der Waals surface area contributed by atoms with Crippen LogP contribution in [0, 0.1) is 0 Å². The van der Waals surface area contributed by atoms with Crippen LogP contribution in [0.25, 0.3) is 0 Å². The molecule has 0 amide bonds. The molecule has 2 aromatic carbocycles. The Morgan fingerprint density at radius 1 is 0.818 bits per heavy atom. The number of ether oxygens (including phenoxy) is 1. The molecule has 8 nitrogen and oxygen atoms in total. The molecule has 1 heterocycles. The smallest absolute Gasteiger partial charge is 0.196 e. The monoisotopic (exact) mass is 452 g/mol. The van der Waals surface area contributed by atoms with Crippen molar-refractivity contribution in [1.29, 1.82) is 0 Å². The average Bonchev–Trinajstić information content (AvgIpc) is 2.86. The number of nitrogens with zero attached hydrogens (tertiary/aromatic N) is 1. The molecule has 0 unspecified atom stereocenters. The number of carbonyl (C=O) groups is 2. The molecule has 176 valence electrons. The van der Waals surface area contributed by atoms with Gasteiger partial charge in [-0.25, -0.2) is 0 Å². The number of anilines is 2. The average molecular weight is 453 g/mol. The summed E-state index contributed by atoms with van der Waals surface area (Å²) < 4.78 is 5.40. The molecule has 2 aromatic rings. The number of fused-ring (bicyclic) bond motifs is 2. The van der Waals surface area contributed by atoms with Gasteiger partial charge in [0.1, 0.15) is 0 Å². The summed E-state index contributed by atoms with van der Waals surface area (Å²) in [5.74, 6) is -0.263. The number of aliphatic hydroxyl groups excluding tert-OH is 1. The summed E-state index contributed by atoms with van der Waals surface area (Å²) in [6, 6.07) is 10.8. The third-order valence-electron chi connectivity index (χ3n) is 6.05. The van der Waals surface area contributed by atoms with Gasteiger partial charge in [-0.1, -0.05) is 24.3 Å². The molecule has 33 heavy (non-hydrogen) atoms. The maximum absolute atomic E-state index is 13.4. The normalized spacial score (nSPS) is 15.8. The minimum Gasteiger partial charge on any atom is -0.395 e. The quantitative estimate of drug-likeness (QED) is 0.325. The predicted octanol–water partition coefficient (Wildman–Crippen LogP) is 1.59. The summed E-state index contributed by atoms with van der Waals surface area (Å²) in [6.07, 6.45) is 0.935. The van der Waals surface area contributed by atoms with E-state index in [1.807, 2.05) is 12.1 Å². The van der Waals surface area contributed by atoms with Crippen molar-refractivity contribution in [2.24, 2.45) is 0 Å². The topological polar surface area (TPSA) is 103 Å². The van der Waals surface area contributed by atoms with Crippen molar-refractivity contribution < 1.29 is 19.4 Å². The Morgan fingerprint density at radius 2 is 1.42 bits per heavy atom. The van der Waals surface area contributed by atoms with Crippen molar-refractivity contribution in [3.05, 3.63) is 58.7 Å². The van der Waals surface area contributed by atoms with Crippen molar-refractivity contribution in [2.45, 2.75) is 6.42 Å². The van der Waals surface area contributed by atoms with E-state index < -0.39 is 0 Å². The van der Waals surface area contributed by atoms with Crippen LogP contribution in [-0.4, -0.2) is 87.2 Å². The van der Waals surface area contributed by atoms with Crippen molar-refractivity contribution in [3.8, 4) is 0 Å². The Balaban J connectivity index is 1.52. The van der Waals surface area contributed by atoms with Gasteiger partial charge in [-0.2, -0.15) is 0 Å². The van der Waals surface area contributed by atoms with E-state index in [1.165, 1.54) is 0 Å². The van der Waals surface area contributed by atoms with E-state index in [4.69, 9.17) is 9.84 Å². The van der Waals surface area contributed by atoms with Gasteiger partial charge in [-0.15, -0.1) is 0 Å². The van der Waals surface area contributed by atoms with Crippen LogP contribution in [0.2, 0.25) is 0 Å². The molecular formula is C25H32N4O4. The van der Waals surface area contributed by atoms with Gasteiger partial charge < -0.3 is 25.8 Å². The number of hydrogen-bond donors (Lipinski definition) is 4. The Bertz CT molecular complexity index is 988. The van der Waals surface area contributed by atoms with Crippen molar-refractivity contribution in [2.75, 3.05) is 76.3 Å². The van der Waals surface area contributed by atoms with Crippen LogP contribution >= 0.6 is 0 Å². The zero-order valence-electron chi connectivity index (χ0n) is 18.9. The Labute approximate surface area is 194 Å². The number of carbonyl (C=O) groups excluding carboxylic acids is 2. The third-order valence-corrected chi connectivity index (χ3v) is 6.05. The van der Waals surface area contributed by atoms with Gasteiger partial charge >= 0.3 is 0 Å². The molecule has 1 aliphatic heterocycles. The molecule has 4 rings (SSSR count). The fourth-order valence-corrected chi connectivity index (χ4v) is 4.36. The highest BCUT2D eigenvalue weighted by Crippen LogP contribution is 2.36. The molecule has 1 saturated heterocycles. The lowest BCUT2D eigenvalue weighted by Gasteiger charge is -2.27. The second-order valence-electron chi connectivity index (χ2n) is 8.25. The molecule has 0 radical (unpaired) electrons. The molecule has 0 saturated carbocycles. The molecule has 0 bridgehead atoms. The van der Waals surface area contributed by atoms with Crippen LogP contribution in [0.3, 0.4) is 0 Å². The zero-order chi connectivity index (χ0) is 23.0. The molecule has 4 N–H and O–H groups in total. The maximum Gasteiger partial charge on any atom is 0.196 e. The SMILES string of the molecule is O=C1c2ccccc2C(=O)c2c(NCCNCCO)ccc(NCCCN3CCOCC3)c21. The van der Waals surface area contributed by atoms with Crippen LogP contribution in [0.15, 0.2) is 36.4 Å². The van der Waals surface area contributed by atoms with Gasteiger partial charge in [0, 0.05) is 61.8 Å². The van der Waals surface area contributed by atoms with Crippen LogP contribution < -0.4 is 16.0 Å². The number of rotatable bonds is 11. The van der Waals surface area contributed by atoms with E-state index in [1.54, 1.807) is 24.3 Å². The first-order valence-electron chi connectivity index (χ1n) is 11.7. The van der Waals surface area contributed by atoms with Gasteiger partial charge in [0.15, 0.2) is 11.6 Å². The Kier molecular flexibility index (Phi) is 8.06. The van der Waals surface area contributed by atoms with Crippen molar-refractivity contribution in [1.82, 2.24) is 10.2 Å². The van der Waals surface area contributed by atoms with E-state index in [9.17, 15) is 9.59 Å². The summed E-state index contributed by atoms with van der Waals surface area (Å²) in [5, 5.41) is 18.7. The summed E-state index contributed by atoms with van der Waals surface area (Å²) in [5.41, 5.74) is 3.12.